The Morgan fingerprint density at radius 2 is 2.00 bits per heavy atom. The van der Waals surface area contributed by atoms with E-state index in [1.807, 2.05) is 23.1 Å². The lowest BCUT2D eigenvalue weighted by molar-refractivity contribution is 0.0762. The summed E-state index contributed by atoms with van der Waals surface area (Å²) in [7, 11) is 1.59. The number of H-pyrrole nitrogens is 1. The second-order valence-electron chi connectivity index (χ2n) is 5.35. The van der Waals surface area contributed by atoms with E-state index in [9.17, 15) is 9.59 Å². The molecule has 0 bridgehead atoms. The van der Waals surface area contributed by atoms with Crippen LogP contribution >= 0.6 is 0 Å². The molecule has 1 aromatic heterocycles. The van der Waals surface area contributed by atoms with Crippen molar-refractivity contribution in [3.05, 3.63) is 63.6 Å². The van der Waals surface area contributed by atoms with E-state index < -0.39 is 0 Å². The first kappa shape index (κ1) is 14.4. The average Bonchev–Trinajstić information content (AvgIpc) is 2.76. The van der Waals surface area contributed by atoms with E-state index in [-0.39, 0.29) is 11.5 Å². The normalized spacial score (nSPS) is 14.1. The Bertz CT molecular complexity index is 752. The molecule has 2 aromatic rings. The number of carbonyl (C=O) groups is 1. The molecular weight excluding hydrogens is 280 g/mol. The summed E-state index contributed by atoms with van der Waals surface area (Å²) < 4.78 is 5.17. The quantitative estimate of drug-likeness (QED) is 0.916. The van der Waals surface area contributed by atoms with Gasteiger partial charge in [-0.15, -0.1) is 0 Å². The van der Waals surface area contributed by atoms with Crippen LogP contribution in [0.3, 0.4) is 0 Å². The van der Waals surface area contributed by atoms with E-state index in [0.29, 0.717) is 30.8 Å². The fourth-order valence-electron chi connectivity index (χ4n) is 2.76. The van der Waals surface area contributed by atoms with Crippen molar-refractivity contribution >= 4 is 5.91 Å². The summed E-state index contributed by atoms with van der Waals surface area (Å²) in [5.74, 6) is 0.669. The molecule has 1 aromatic carbocycles. The third-order valence-corrected chi connectivity index (χ3v) is 3.98. The van der Waals surface area contributed by atoms with Crippen LogP contribution in [0.1, 0.15) is 21.6 Å². The third-order valence-electron chi connectivity index (χ3n) is 3.98. The van der Waals surface area contributed by atoms with Gasteiger partial charge in [0.05, 0.1) is 7.11 Å². The van der Waals surface area contributed by atoms with Crippen LogP contribution in [0.25, 0.3) is 0 Å². The van der Waals surface area contributed by atoms with Crippen LogP contribution in [-0.2, 0) is 12.8 Å². The third kappa shape index (κ3) is 2.88. The molecule has 1 aliphatic rings. The average molecular weight is 298 g/mol. The highest BCUT2D eigenvalue weighted by molar-refractivity contribution is 5.94. The van der Waals surface area contributed by atoms with Gasteiger partial charge in [0.15, 0.2) is 0 Å². The molecule has 5 nitrogen and oxygen atoms in total. The second-order valence-corrected chi connectivity index (χ2v) is 5.35. The fourth-order valence-corrected chi connectivity index (χ4v) is 2.76. The molecule has 2 heterocycles. The maximum Gasteiger partial charge on any atom is 0.254 e. The van der Waals surface area contributed by atoms with E-state index in [0.717, 1.165) is 17.7 Å². The Balaban J connectivity index is 1.79. The number of fused-ring (bicyclic) bond motifs is 1. The Labute approximate surface area is 128 Å². The molecule has 114 valence electrons. The molecule has 0 radical (unpaired) electrons. The van der Waals surface area contributed by atoms with Crippen LogP contribution in [0.15, 0.2) is 41.2 Å². The number of benzene rings is 1. The van der Waals surface area contributed by atoms with Crippen LogP contribution in [0.2, 0.25) is 0 Å². The number of methoxy groups -OCH3 is 1. The summed E-state index contributed by atoms with van der Waals surface area (Å²) in [6.07, 6.45) is 1.42. The number of nitrogens with zero attached hydrogens (tertiary/aromatic N) is 1. The molecule has 0 unspecified atom stereocenters. The minimum atomic E-state index is -0.0914. The van der Waals surface area contributed by atoms with Gasteiger partial charge in [0.1, 0.15) is 5.75 Å². The fraction of sp³-hybridized carbons (Fsp3) is 0.294. The van der Waals surface area contributed by atoms with Crippen molar-refractivity contribution in [3.63, 3.8) is 0 Å². The van der Waals surface area contributed by atoms with Crippen molar-refractivity contribution < 1.29 is 9.53 Å². The van der Waals surface area contributed by atoms with Gasteiger partial charge >= 0.3 is 0 Å². The molecule has 0 saturated heterocycles. The number of rotatable bonds is 2. The maximum absolute atomic E-state index is 12.6. The van der Waals surface area contributed by atoms with Crippen LogP contribution in [0.4, 0.5) is 0 Å². The van der Waals surface area contributed by atoms with Crippen molar-refractivity contribution in [2.75, 3.05) is 20.2 Å². The highest BCUT2D eigenvalue weighted by Gasteiger charge is 2.20. The SMILES string of the molecule is COc1cccc(C(=O)N2CCc3ccc(=O)[nH]c3CC2)c1. The first-order chi connectivity index (χ1) is 10.7. The zero-order valence-electron chi connectivity index (χ0n) is 12.5. The highest BCUT2D eigenvalue weighted by Crippen LogP contribution is 2.17. The number of carbonyl (C=O) groups excluding carboxylic acids is 1. The number of pyridine rings is 1. The lowest BCUT2D eigenvalue weighted by atomic mass is 10.1. The molecule has 0 aliphatic carbocycles. The molecule has 1 amide bonds. The van der Waals surface area contributed by atoms with Gasteiger partial charge in [0.25, 0.3) is 5.91 Å². The van der Waals surface area contributed by atoms with Crippen molar-refractivity contribution in [2.45, 2.75) is 12.8 Å². The summed E-state index contributed by atoms with van der Waals surface area (Å²) in [6, 6.07) is 10.6. The molecule has 5 heteroatoms. The maximum atomic E-state index is 12.6. The molecule has 0 spiro atoms. The standard InChI is InChI=1S/C17H18N2O3/c1-22-14-4-2-3-13(11-14)17(21)19-9-7-12-5-6-16(20)18-15(12)8-10-19/h2-6,11H,7-10H2,1H3,(H,18,20). The first-order valence-electron chi connectivity index (χ1n) is 7.32. The molecule has 0 atom stereocenters. The smallest absolute Gasteiger partial charge is 0.254 e. The molecule has 1 aliphatic heterocycles. The Kier molecular flexibility index (Phi) is 3.96. The zero-order chi connectivity index (χ0) is 15.5. The van der Waals surface area contributed by atoms with Gasteiger partial charge in [-0.25, -0.2) is 0 Å². The van der Waals surface area contributed by atoms with Crippen LogP contribution < -0.4 is 10.3 Å². The summed E-state index contributed by atoms with van der Waals surface area (Å²) in [6.45, 7) is 1.25. The number of aromatic amines is 1. The second kappa shape index (κ2) is 6.05. The molecule has 1 N–H and O–H groups in total. The van der Waals surface area contributed by atoms with E-state index in [2.05, 4.69) is 4.98 Å². The van der Waals surface area contributed by atoms with E-state index in [4.69, 9.17) is 4.74 Å². The highest BCUT2D eigenvalue weighted by atomic mass is 16.5. The molecule has 3 rings (SSSR count). The largest absolute Gasteiger partial charge is 0.497 e. The van der Waals surface area contributed by atoms with Crippen LogP contribution in [-0.4, -0.2) is 36.0 Å². The van der Waals surface area contributed by atoms with Gasteiger partial charge in [0, 0.05) is 36.8 Å². The minimum Gasteiger partial charge on any atom is -0.497 e. The molecule has 0 saturated carbocycles. The number of amides is 1. The number of hydrogen-bond donors (Lipinski definition) is 1. The number of nitrogens with one attached hydrogen (secondary N) is 1. The molecular formula is C17H18N2O3. The monoisotopic (exact) mass is 298 g/mol. The lowest BCUT2D eigenvalue weighted by Gasteiger charge is -2.20. The summed E-state index contributed by atoms with van der Waals surface area (Å²) in [5, 5.41) is 0. The summed E-state index contributed by atoms with van der Waals surface area (Å²) in [4.78, 5) is 28.7. The zero-order valence-corrected chi connectivity index (χ0v) is 12.5. The van der Waals surface area contributed by atoms with Gasteiger partial charge in [-0.2, -0.15) is 0 Å². The van der Waals surface area contributed by atoms with Crippen molar-refractivity contribution in [2.24, 2.45) is 0 Å². The van der Waals surface area contributed by atoms with Crippen molar-refractivity contribution in [1.82, 2.24) is 9.88 Å². The summed E-state index contributed by atoms with van der Waals surface area (Å²) >= 11 is 0. The van der Waals surface area contributed by atoms with Gasteiger partial charge in [-0.1, -0.05) is 12.1 Å². The van der Waals surface area contributed by atoms with Crippen LogP contribution in [0.5, 0.6) is 5.75 Å². The van der Waals surface area contributed by atoms with E-state index in [1.165, 1.54) is 0 Å². The topological polar surface area (TPSA) is 62.4 Å². The van der Waals surface area contributed by atoms with Gasteiger partial charge in [-0.05, 0) is 30.2 Å². The molecule has 22 heavy (non-hydrogen) atoms. The van der Waals surface area contributed by atoms with Crippen molar-refractivity contribution in [1.29, 1.82) is 0 Å². The Morgan fingerprint density at radius 3 is 2.82 bits per heavy atom. The van der Waals surface area contributed by atoms with Gasteiger partial charge in [0.2, 0.25) is 5.56 Å². The number of hydrogen-bond acceptors (Lipinski definition) is 3. The first-order valence-corrected chi connectivity index (χ1v) is 7.32. The minimum absolute atomic E-state index is 0.00551. The van der Waals surface area contributed by atoms with Crippen LogP contribution in [0, 0.1) is 0 Å². The Morgan fingerprint density at radius 1 is 1.18 bits per heavy atom. The lowest BCUT2D eigenvalue weighted by Crippen LogP contribution is -2.33. The van der Waals surface area contributed by atoms with E-state index in [1.54, 1.807) is 25.3 Å². The Hall–Kier alpha value is -2.56. The molecule has 0 fully saturated rings. The number of ether oxygens (including phenoxy) is 1. The predicted molar refractivity (Wildman–Crippen MR) is 83.4 cm³/mol. The van der Waals surface area contributed by atoms with Gasteiger partial charge < -0.3 is 14.6 Å². The predicted octanol–water partition coefficient (Wildman–Crippen LogP) is 1.62. The number of aromatic nitrogens is 1. The van der Waals surface area contributed by atoms with Gasteiger partial charge in [-0.3, -0.25) is 9.59 Å². The van der Waals surface area contributed by atoms with Crippen molar-refractivity contribution in [3.8, 4) is 5.75 Å². The summed E-state index contributed by atoms with van der Waals surface area (Å²) in [5.41, 5.74) is 2.58. The van der Waals surface area contributed by atoms with E-state index >= 15 is 0 Å².